The molecule has 0 fully saturated rings. The molecule has 0 aliphatic rings. The first-order valence-corrected chi connectivity index (χ1v) is 9.01. The van der Waals surface area contributed by atoms with Gasteiger partial charge in [0.25, 0.3) is 17.2 Å². The molecule has 150 valence electrons. The van der Waals surface area contributed by atoms with Gasteiger partial charge in [-0.1, -0.05) is 42.5 Å². The third-order valence-electron chi connectivity index (χ3n) is 4.43. The number of carbonyl (C=O) groups is 2. The highest BCUT2D eigenvalue weighted by molar-refractivity contribution is 5.91. The quantitative estimate of drug-likeness (QED) is 0.503. The number of hydrogen-bond donors (Lipinski definition) is 2. The molecule has 2 N–H and O–H groups in total. The Morgan fingerprint density at radius 1 is 1.03 bits per heavy atom. The van der Waals surface area contributed by atoms with Gasteiger partial charge < -0.3 is 14.8 Å². The molecule has 0 saturated carbocycles. The van der Waals surface area contributed by atoms with E-state index in [1.54, 1.807) is 12.1 Å². The van der Waals surface area contributed by atoms with Crippen LogP contribution in [0.3, 0.4) is 0 Å². The van der Waals surface area contributed by atoms with Gasteiger partial charge in [-0.05, 0) is 23.3 Å². The number of fused-ring (bicyclic) bond motifs is 1. The Morgan fingerprint density at radius 2 is 1.77 bits per heavy atom. The normalized spacial score (nSPS) is 10.8. The summed E-state index contributed by atoms with van der Waals surface area (Å²) < 4.78 is 6.65. The summed E-state index contributed by atoms with van der Waals surface area (Å²) in [5, 5.41) is 11.6. The fourth-order valence-electron chi connectivity index (χ4n) is 2.86. The average Bonchev–Trinajstić information content (AvgIpc) is 3.20. The number of oxazole rings is 1. The zero-order valence-corrected chi connectivity index (χ0v) is 15.6. The lowest BCUT2D eigenvalue weighted by atomic mass is 10.1. The Labute approximate surface area is 169 Å². The van der Waals surface area contributed by atoms with Gasteiger partial charge >= 0.3 is 11.9 Å². The highest BCUT2D eigenvalue weighted by atomic mass is 16.4. The minimum atomic E-state index is -1.03. The number of carbonyl (C=O) groups excluding carboxylic acids is 1. The molecule has 0 unspecified atom stereocenters. The van der Waals surface area contributed by atoms with Crippen molar-refractivity contribution in [2.24, 2.45) is 0 Å². The number of carboxylic acids is 1. The summed E-state index contributed by atoms with van der Waals surface area (Å²) in [5.41, 5.74) is 1.24. The van der Waals surface area contributed by atoms with Crippen LogP contribution in [0.25, 0.3) is 11.2 Å². The summed E-state index contributed by atoms with van der Waals surface area (Å²) in [6.07, 6.45) is 1.30. The lowest BCUT2D eigenvalue weighted by Gasteiger charge is -2.05. The number of hydrogen-bond acceptors (Lipinski definition) is 6. The zero-order chi connectivity index (χ0) is 21.1. The van der Waals surface area contributed by atoms with E-state index in [-0.39, 0.29) is 29.2 Å². The van der Waals surface area contributed by atoms with E-state index in [0.717, 1.165) is 5.56 Å². The Kier molecular flexibility index (Phi) is 5.08. The van der Waals surface area contributed by atoms with Crippen LogP contribution in [0.4, 0.5) is 0 Å². The summed E-state index contributed by atoms with van der Waals surface area (Å²) >= 11 is 0. The molecule has 0 saturated heterocycles. The van der Waals surface area contributed by atoms with E-state index < -0.39 is 17.4 Å². The topological polar surface area (TPSA) is 127 Å². The largest absolute Gasteiger partial charge is 0.478 e. The van der Waals surface area contributed by atoms with Crippen molar-refractivity contribution >= 4 is 23.1 Å². The SMILES string of the molecule is O=C(O)c1ccc(Cn2cnc3oc(C(=O)NCc4ccccc4)nc3c2=O)cc1. The summed E-state index contributed by atoms with van der Waals surface area (Å²) in [6.45, 7) is 0.465. The second-order valence-electron chi connectivity index (χ2n) is 6.52. The smallest absolute Gasteiger partial charge is 0.335 e. The van der Waals surface area contributed by atoms with Gasteiger partial charge in [-0.15, -0.1) is 0 Å². The van der Waals surface area contributed by atoms with Gasteiger partial charge in [-0.25, -0.2) is 9.78 Å². The molecule has 4 rings (SSSR count). The number of rotatable bonds is 6. The summed E-state index contributed by atoms with van der Waals surface area (Å²) in [4.78, 5) is 44.0. The first kappa shape index (κ1) is 19.1. The third-order valence-corrected chi connectivity index (χ3v) is 4.43. The maximum absolute atomic E-state index is 12.7. The molecule has 0 radical (unpaired) electrons. The molecular weight excluding hydrogens is 388 g/mol. The molecule has 2 heterocycles. The van der Waals surface area contributed by atoms with E-state index in [9.17, 15) is 14.4 Å². The van der Waals surface area contributed by atoms with Crippen molar-refractivity contribution in [2.75, 3.05) is 0 Å². The second kappa shape index (κ2) is 8.00. The Morgan fingerprint density at radius 3 is 2.47 bits per heavy atom. The molecule has 4 aromatic rings. The average molecular weight is 404 g/mol. The molecule has 9 heteroatoms. The molecule has 30 heavy (non-hydrogen) atoms. The van der Waals surface area contributed by atoms with E-state index in [1.165, 1.54) is 23.0 Å². The van der Waals surface area contributed by atoms with Crippen molar-refractivity contribution in [2.45, 2.75) is 13.1 Å². The van der Waals surface area contributed by atoms with Crippen LogP contribution in [0.1, 0.15) is 32.2 Å². The van der Waals surface area contributed by atoms with E-state index in [1.807, 2.05) is 30.3 Å². The van der Waals surface area contributed by atoms with E-state index >= 15 is 0 Å². The molecule has 0 spiro atoms. The third kappa shape index (κ3) is 3.95. The van der Waals surface area contributed by atoms with Crippen LogP contribution in [0.2, 0.25) is 0 Å². The Balaban J connectivity index is 1.53. The zero-order valence-electron chi connectivity index (χ0n) is 15.6. The van der Waals surface area contributed by atoms with Gasteiger partial charge in [-0.3, -0.25) is 14.2 Å². The fourth-order valence-corrected chi connectivity index (χ4v) is 2.86. The van der Waals surface area contributed by atoms with Crippen molar-refractivity contribution in [3.05, 3.63) is 93.9 Å². The first-order valence-electron chi connectivity index (χ1n) is 9.01. The Hall–Kier alpha value is -4.27. The minimum absolute atomic E-state index is 0.0256. The number of aromatic nitrogens is 3. The number of nitrogens with one attached hydrogen (secondary N) is 1. The van der Waals surface area contributed by atoms with Gasteiger partial charge in [0.05, 0.1) is 12.1 Å². The van der Waals surface area contributed by atoms with E-state index in [4.69, 9.17) is 9.52 Å². The maximum atomic E-state index is 12.7. The maximum Gasteiger partial charge on any atom is 0.335 e. The van der Waals surface area contributed by atoms with Gasteiger partial charge in [0.1, 0.15) is 6.33 Å². The molecule has 2 aromatic heterocycles. The highest BCUT2D eigenvalue weighted by Gasteiger charge is 2.18. The first-order chi connectivity index (χ1) is 14.5. The van der Waals surface area contributed by atoms with Crippen LogP contribution in [0.5, 0.6) is 0 Å². The van der Waals surface area contributed by atoms with Gasteiger partial charge in [0.2, 0.25) is 0 Å². The second-order valence-corrected chi connectivity index (χ2v) is 6.52. The number of benzene rings is 2. The van der Waals surface area contributed by atoms with Crippen molar-refractivity contribution < 1.29 is 19.1 Å². The van der Waals surface area contributed by atoms with Gasteiger partial charge in [0.15, 0.2) is 5.52 Å². The summed E-state index contributed by atoms with van der Waals surface area (Å²) in [6, 6.07) is 15.5. The van der Waals surface area contributed by atoms with E-state index in [0.29, 0.717) is 12.1 Å². The molecular formula is C21H16N4O5. The number of carboxylic acid groups (broad SMARTS) is 1. The van der Waals surface area contributed by atoms with Gasteiger partial charge in [0, 0.05) is 6.54 Å². The number of aromatic carboxylic acids is 1. The van der Waals surface area contributed by atoms with Gasteiger partial charge in [-0.2, -0.15) is 4.98 Å². The summed E-state index contributed by atoms with van der Waals surface area (Å²) in [5.74, 6) is -1.82. The van der Waals surface area contributed by atoms with Crippen LogP contribution in [-0.4, -0.2) is 31.5 Å². The molecule has 2 aromatic carbocycles. The lowest BCUT2D eigenvalue weighted by Crippen LogP contribution is -2.23. The molecule has 0 atom stereocenters. The molecule has 9 nitrogen and oxygen atoms in total. The van der Waals surface area contributed by atoms with Crippen molar-refractivity contribution in [1.82, 2.24) is 19.9 Å². The Bertz CT molecular complexity index is 1280. The van der Waals surface area contributed by atoms with Crippen molar-refractivity contribution in [3.63, 3.8) is 0 Å². The fraction of sp³-hybridized carbons (Fsp3) is 0.0952. The molecule has 1 amide bonds. The molecule has 0 aliphatic heterocycles. The molecule has 0 bridgehead atoms. The summed E-state index contributed by atoms with van der Waals surface area (Å²) in [7, 11) is 0. The molecule has 0 aliphatic carbocycles. The number of amides is 1. The van der Waals surface area contributed by atoms with Crippen LogP contribution >= 0.6 is 0 Å². The monoisotopic (exact) mass is 404 g/mol. The predicted molar refractivity (Wildman–Crippen MR) is 106 cm³/mol. The van der Waals surface area contributed by atoms with Crippen LogP contribution in [0, 0.1) is 0 Å². The van der Waals surface area contributed by atoms with Crippen LogP contribution < -0.4 is 10.9 Å². The number of nitrogens with zero attached hydrogens (tertiary/aromatic N) is 3. The minimum Gasteiger partial charge on any atom is -0.478 e. The van der Waals surface area contributed by atoms with E-state index in [2.05, 4.69) is 15.3 Å². The van der Waals surface area contributed by atoms with Crippen molar-refractivity contribution in [3.8, 4) is 0 Å². The highest BCUT2D eigenvalue weighted by Crippen LogP contribution is 2.11. The van der Waals surface area contributed by atoms with Crippen LogP contribution in [0.15, 0.2) is 70.1 Å². The predicted octanol–water partition coefficient (Wildman–Crippen LogP) is 2.06. The van der Waals surface area contributed by atoms with Crippen molar-refractivity contribution in [1.29, 1.82) is 0 Å². The standard InChI is InChI=1S/C21H16N4O5/c26-17(22-10-13-4-2-1-3-5-13)19-24-16-18(30-19)23-12-25(20(16)27)11-14-6-8-15(9-7-14)21(28)29/h1-9,12H,10-11H2,(H,22,26)(H,28,29). The van der Waals surface area contributed by atoms with Crippen LogP contribution in [-0.2, 0) is 13.1 Å². The lowest BCUT2D eigenvalue weighted by molar-refractivity contribution is 0.0696.